The lowest BCUT2D eigenvalue weighted by Crippen LogP contribution is -2.22. The summed E-state index contributed by atoms with van der Waals surface area (Å²) in [6.07, 6.45) is -0.118. The van der Waals surface area contributed by atoms with Crippen molar-refractivity contribution in [3.05, 3.63) is 29.3 Å². The fourth-order valence-electron chi connectivity index (χ4n) is 1.19. The van der Waals surface area contributed by atoms with Crippen LogP contribution in [-0.4, -0.2) is 18.6 Å². The Morgan fingerprint density at radius 3 is 2.65 bits per heavy atom. The Bertz CT molecular complexity index is 419. The molecule has 1 N–H and O–H groups in total. The quantitative estimate of drug-likeness (QED) is 0.882. The van der Waals surface area contributed by atoms with Gasteiger partial charge in [0.25, 0.3) is 5.91 Å². The van der Waals surface area contributed by atoms with Gasteiger partial charge in [0, 0.05) is 0 Å². The number of anilines is 1. The zero-order valence-electron chi connectivity index (χ0n) is 10.0. The minimum Gasteiger partial charge on any atom is -0.369 e. The summed E-state index contributed by atoms with van der Waals surface area (Å²) in [4.78, 5) is 11.4. The van der Waals surface area contributed by atoms with Crippen LogP contribution >= 0.6 is 0 Å². The fourth-order valence-corrected chi connectivity index (χ4v) is 1.19. The highest BCUT2D eigenvalue weighted by Gasteiger charge is 2.14. The average Bonchev–Trinajstić information content (AvgIpc) is 2.27. The summed E-state index contributed by atoms with van der Waals surface area (Å²) in [6.45, 7) is 4.79. The second-order valence-corrected chi connectivity index (χ2v) is 3.96. The highest BCUT2D eigenvalue weighted by molar-refractivity contribution is 5.92. The number of carbonyl (C=O) groups is 1. The smallest absolute Gasteiger partial charge is 0.250 e. The lowest BCUT2D eigenvalue weighted by Gasteiger charge is -2.10. The van der Waals surface area contributed by atoms with Gasteiger partial charge < -0.3 is 10.1 Å². The minimum atomic E-state index is -0.800. The van der Waals surface area contributed by atoms with Gasteiger partial charge in [-0.25, -0.2) is 8.78 Å². The molecule has 0 aliphatic heterocycles. The molecule has 0 unspecified atom stereocenters. The molecule has 3 nitrogen and oxygen atoms in total. The van der Waals surface area contributed by atoms with Crippen LogP contribution in [0.1, 0.15) is 19.4 Å². The van der Waals surface area contributed by atoms with Crippen molar-refractivity contribution in [3.8, 4) is 0 Å². The van der Waals surface area contributed by atoms with E-state index < -0.39 is 23.2 Å². The van der Waals surface area contributed by atoms with E-state index in [9.17, 15) is 13.6 Å². The molecule has 0 saturated carbocycles. The predicted octanol–water partition coefficient (Wildman–Crippen LogP) is 2.64. The van der Waals surface area contributed by atoms with Crippen LogP contribution in [0.2, 0.25) is 0 Å². The molecule has 0 aliphatic carbocycles. The van der Waals surface area contributed by atoms with Crippen molar-refractivity contribution >= 4 is 11.6 Å². The number of carbonyl (C=O) groups excluding carboxylic acids is 1. The van der Waals surface area contributed by atoms with Gasteiger partial charge in [0.2, 0.25) is 0 Å². The third kappa shape index (κ3) is 3.78. The van der Waals surface area contributed by atoms with Gasteiger partial charge >= 0.3 is 0 Å². The van der Waals surface area contributed by atoms with E-state index >= 15 is 0 Å². The molecule has 94 valence electrons. The van der Waals surface area contributed by atoms with Crippen molar-refractivity contribution in [2.45, 2.75) is 26.9 Å². The zero-order chi connectivity index (χ0) is 13.0. The first kappa shape index (κ1) is 13.6. The molecule has 1 aromatic rings. The molecule has 0 bridgehead atoms. The van der Waals surface area contributed by atoms with E-state index in [0.29, 0.717) is 0 Å². The Balaban J connectivity index is 2.74. The lowest BCUT2D eigenvalue weighted by atomic mass is 10.2. The van der Waals surface area contributed by atoms with E-state index in [2.05, 4.69) is 5.32 Å². The molecule has 0 fully saturated rings. The van der Waals surface area contributed by atoms with Gasteiger partial charge in [0.15, 0.2) is 5.82 Å². The second-order valence-electron chi connectivity index (χ2n) is 3.96. The number of ether oxygens (including phenoxy) is 1. The third-order valence-corrected chi connectivity index (χ3v) is 2.10. The van der Waals surface area contributed by atoms with Gasteiger partial charge in [-0.3, -0.25) is 4.79 Å². The van der Waals surface area contributed by atoms with Crippen LogP contribution in [0.25, 0.3) is 0 Å². The van der Waals surface area contributed by atoms with Crippen molar-refractivity contribution in [2.24, 2.45) is 0 Å². The first-order valence-corrected chi connectivity index (χ1v) is 5.28. The van der Waals surface area contributed by atoms with Crippen LogP contribution in [0, 0.1) is 18.6 Å². The van der Waals surface area contributed by atoms with E-state index in [0.717, 1.165) is 6.07 Å². The summed E-state index contributed by atoms with van der Waals surface area (Å²) < 4.78 is 31.8. The number of aryl methyl sites for hydroxylation is 1. The Morgan fingerprint density at radius 2 is 2.06 bits per heavy atom. The Morgan fingerprint density at radius 1 is 1.41 bits per heavy atom. The maximum atomic E-state index is 13.5. The summed E-state index contributed by atoms with van der Waals surface area (Å²) in [5.41, 5.74) is -0.158. The standard InChI is InChI=1S/C12H15F2NO2/c1-7(2)17-6-10(16)15-12-9(13)5-4-8(3)11(12)14/h4-5,7H,6H2,1-3H3,(H,15,16). The van der Waals surface area contributed by atoms with Crippen molar-refractivity contribution in [1.29, 1.82) is 0 Å². The molecule has 1 aromatic carbocycles. The van der Waals surface area contributed by atoms with Crippen LogP contribution in [0.15, 0.2) is 12.1 Å². The van der Waals surface area contributed by atoms with Crippen LogP contribution in [-0.2, 0) is 9.53 Å². The maximum absolute atomic E-state index is 13.5. The van der Waals surface area contributed by atoms with Gasteiger partial charge in [0.1, 0.15) is 18.1 Å². The Hall–Kier alpha value is -1.49. The van der Waals surface area contributed by atoms with Gasteiger partial charge in [-0.05, 0) is 32.4 Å². The number of benzene rings is 1. The molecule has 0 aliphatic rings. The molecule has 5 heteroatoms. The number of hydrogen-bond donors (Lipinski definition) is 1. The van der Waals surface area contributed by atoms with E-state index in [-0.39, 0.29) is 18.3 Å². The molecule has 0 radical (unpaired) electrons. The Labute approximate surface area is 98.8 Å². The third-order valence-electron chi connectivity index (χ3n) is 2.10. The van der Waals surface area contributed by atoms with Crippen molar-refractivity contribution in [3.63, 3.8) is 0 Å². The second kappa shape index (κ2) is 5.72. The van der Waals surface area contributed by atoms with Crippen LogP contribution in [0.3, 0.4) is 0 Å². The predicted molar refractivity (Wildman–Crippen MR) is 60.8 cm³/mol. The number of halogens is 2. The van der Waals surface area contributed by atoms with Crippen LogP contribution in [0.4, 0.5) is 14.5 Å². The lowest BCUT2D eigenvalue weighted by molar-refractivity contribution is -0.122. The molecule has 0 heterocycles. The fraction of sp³-hybridized carbons (Fsp3) is 0.417. The SMILES string of the molecule is Cc1ccc(F)c(NC(=O)COC(C)C)c1F. The van der Waals surface area contributed by atoms with Crippen LogP contribution in [0.5, 0.6) is 0 Å². The summed E-state index contributed by atoms with van der Waals surface area (Å²) in [5.74, 6) is -2.14. The topological polar surface area (TPSA) is 38.3 Å². The van der Waals surface area contributed by atoms with E-state index in [4.69, 9.17) is 4.74 Å². The highest BCUT2D eigenvalue weighted by atomic mass is 19.1. The van der Waals surface area contributed by atoms with E-state index in [1.165, 1.54) is 13.0 Å². The molecule has 0 atom stereocenters. The molecule has 0 saturated heterocycles. The first-order valence-electron chi connectivity index (χ1n) is 5.28. The number of hydrogen-bond acceptors (Lipinski definition) is 2. The zero-order valence-corrected chi connectivity index (χ0v) is 10.0. The van der Waals surface area contributed by atoms with Crippen LogP contribution < -0.4 is 5.32 Å². The van der Waals surface area contributed by atoms with Crippen molar-refractivity contribution in [2.75, 3.05) is 11.9 Å². The molecule has 0 spiro atoms. The summed E-state index contributed by atoms with van der Waals surface area (Å²) in [7, 11) is 0. The molecule has 1 rings (SSSR count). The van der Waals surface area contributed by atoms with Crippen molar-refractivity contribution in [1.82, 2.24) is 0 Å². The monoisotopic (exact) mass is 243 g/mol. The highest BCUT2D eigenvalue weighted by Crippen LogP contribution is 2.21. The first-order chi connectivity index (χ1) is 7.91. The summed E-state index contributed by atoms with van der Waals surface area (Å²) in [6, 6.07) is 2.42. The largest absolute Gasteiger partial charge is 0.369 e. The number of nitrogens with one attached hydrogen (secondary N) is 1. The van der Waals surface area contributed by atoms with Crippen molar-refractivity contribution < 1.29 is 18.3 Å². The molecule has 0 aromatic heterocycles. The van der Waals surface area contributed by atoms with Gasteiger partial charge in [-0.1, -0.05) is 6.07 Å². The molecular formula is C12H15F2NO2. The summed E-state index contributed by atoms with van der Waals surface area (Å²) >= 11 is 0. The Kier molecular flexibility index (Phi) is 4.57. The van der Waals surface area contributed by atoms with Gasteiger partial charge in [0.05, 0.1) is 6.10 Å². The van der Waals surface area contributed by atoms with Gasteiger partial charge in [-0.2, -0.15) is 0 Å². The number of amides is 1. The summed E-state index contributed by atoms with van der Waals surface area (Å²) in [5, 5.41) is 2.16. The molecule has 17 heavy (non-hydrogen) atoms. The van der Waals surface area contributed by atoms with E-state index in [1.807, 2.05) is 0 Å². The maximum Gasteiger partial charge on any atom is 0.250 e. The van der Waals surface area contributed by atoms with E-state index in [1.54, 1.807) is 13.8 Å². The normalized spacial score (nSPS) is 10.7. The minimum absolute atomic E-state index is 0.118. The average molecular weight is 243 g/mol. The molecule has 1 amide bonds. The molecular weight excluding hydrogens is 228 g/mol. The number of rotatable bonds is 4. The van der Waals surface area contributed by atoms with Gasteiger partial charge in [-0.15, -0.1) is 0 Å².